The van der Waals surface area contributed by atoms with Gasteiger partial charge in [-0.2, -0.15) is 0 Å². The third-order valence-corrected chi connectivity index (χ3v) is 3.27. The summed E-state index contributed by atoms with van der Waals surface area (Å²) in [6.45, 7) is 2.54. The Bertz CT molecular complexity index is 638. The molecule has 2 aromatic rings. The largest absolute Gasteiger partial charge is 0.496 e. The third-order valence-electron chi connectivity index (χ3n) is 3.27. The molecule has 0 saturated carbocycles. The zero-order valence-electron chi connectivity index (χ0n) is 12.3. The van der Waals surface area contributed by atoms with Crippen molar-refractivity contribution in [2.24, 2.45) is 5.73 Å². The minimum atomic E-state index is -0.0123. The molecule has 0 heterocycles. The van der Waals surface area contributed by atoms with Crippen LogP contribution in [-0.2, 0) is 13.0 Å². The van der Waals surface area contributed by atoms with E-state index in [0.717, 1.165) is 17.7 Å². The first-order valence-electron chi connectivity index (χ1n) is 6.87. The van der Waals surface area contributed by atoms with Gasteiger partial charge >= 0.3 is 0 Å². The van der Waals surface area contributed by atoms with E-state index in [4.69, 9.17) is 20.6 Å². The van der Waals surface area contributed by atoms with Crippen molar-refractivity contribution in [3.8, 4) is 11.5 Å². The highest BCUT2D eigenvalue weighted by atomic mass is 16.5. The Morgan fingerprint density at radius 1 is 1.14 bits per heavy atom. The van der Waals surface area contributed by atoms with Crippen LogP contribution in [0.5, 0.6) is 11.5 Å². The van der Waals surface area contributed by atoms with Crippen molar-refractivity contribution in [1.82, 2.24) is 0 Å². The van der Waals surface area contributed by atoms with Crippen molar-refractivity contribution in [2.75, 3.05) is 7.11 Å². The van der Waals surface area contributed by atoms with Gasteiger partial charge in [-0.3, -0.25) is 5.41 Å². The molecule has 2 rings (SSSR count). The normalized spacial score (nSPS) is 10.2. The minimum absolute atomic E-state index is 0.0123. The highest BCUT2D eigenvalue weighted by Gasteiger charge is 2.07. The first-order chi connectivity index (χ1) is 10.1. The Hall–Kier alpha value is -2.49. The lowest BCUT2D eigenvalue weighted by atomic mass is 10.1. The van der Waals surface area contributed by atoms with Crippen LogP contribution in [0.15, 0.2) is 42.5 Å². The van der Waals surface area contributed by atoms with Crippen LogP contribution in [0.3, 0.4) is 0 Å². The van der Waals surface area contributed by atoms with Crippen LogP contribution in [0.2, 0.25) is 0 Å². The molecule has 0 amide bonds. The molecule has 0 fully saturated rings. The SMILES string of the molecule is CCc1cccc(OCc2ccc(OC)c(C(=N)N)c2)c1. The molecule has 0 unspecified atom stereocenters. The second kappa shape index (κ2) is 6.79. The van der Waals surface area contributed by atoms with Crippen molar-refractivity contribution in [3.05, 3.63) is 59.2 Å². The summed E-state index contributed by atoms with van der Waals surface area (Å²) in [5.74, 6) is 1.43. The molecule has 4 nitrogen and oxygen atoms in total. The van der Waals surface area contributed by atoms with E-state index in [-0.39, 0.29) is 5.84 Å². The second-order valence-corrected chi connectivity index (χ2v) is 4.74. The number of rotatable bonds is 6. The molecule has 0 atom stereocenters. The van der Waals surface area contributed by atoms with Crippen molar-refractivity contribution < 1.29 is 9.47 Å². The van der Waals surface area contributed by atoms with Crippen LogP contribution < -0.4 is 15.2 Å². The smallest absolute Gasteiger partial charge is 0.129 e. The van der Waals surface area contributed by atoms with Gasteiger partial charge in [-0.05, 0) is 41.8 Å². The Morgan fingerprint density at radius 2 is 1.95 bits per heavy atom. The monoisotopic (exact) mass is 284 g/mol. The van der Waals surface area contributed by atoms with Gasteiger partial charge in [0, 0.05) is 0 Å². The molecule has 2 aromatic carbocycles. The molecule has 0 saturated heterocycles. The zero-order chi connectivity index (χ0) is 15.2. The highest BCUT2D eigenvalue weighted by Crippen LogP contribution is 2.21. The number of nitrogens with one attached hydrogen (secondary N) is 1. The van der Waals surface area contributed by atoms with E-state index in [9.17, 15) is 0 Å². The second-order valence-electron chi connectivity index (χ2n) is 4.74. The maximum atomic E-state index is 7.58. The summed E-state index contributed by atoms with van der Waals surface area (Å²) in [5.41, 5.74) is 8.34. The number of methoxy groups -OCH3 is 1. The molecule has 0 radical (unpaired) electrons. The molecular formula is C17H20N2O2. The summed E-state index contributed by atoms with van der Waals surface area (Å²) in [4.78, 5) is 0. The molecule has 4 heteroatoms. The molecule has 21 heavy (non-hydrogen) atoms. The van der Waals surface area contributed by atoms with Gasteiger partial charge in [0.1, 0.15) is 23.9 Å². The molecule has 0 aliphatic rings. The molecule has 0 aliphatic heterocycles. The number of ether oxygens (including phenoxy) is 2. The lowest BCUT2D eigenvalue weighted by molar-refractivity contribution is 0.305. The first kappa shape index (κ1) is 14.9. The average Bonchev–Trinajstić information content (AvgIpc) is 2.52. The Balaban J connectivity index is 2.12. The fourth-order valence-corrected chi connectivity index (χ4v) is 2.08. The van der Waals surface area contributed by atoms with E-state index in [0.29, 0.717) is 17.9 Å². The Labute approximate surface area is 125 Å². The maximum Gasteiger partial charge on any atom is 0.129 e. The zero-order valence-corrected chi connectivity index (χ0v) is 12.3. The van der Waals surface area contributed by atoms with Crippen molar-refractivity contribution in [3.63, 3.8) is 0 Å². The van der Waals surface area contributed by atoms with E-state index in [1.54, 1.807) is 13.2 Å². The van der Waals surface area contributed by atoms with Gasteiger partial charge < -0.3 is 15.2 Å². The fraction of sp³-hybridized carbons (Fsp3) is 0.235. The number of nitrogens with two attached hydrogens (primary N) is 1. The number of hydrogen-bond acceptors (Lipinski definition) is 3. The molecule has 0 bridgehead atoms. The third kappa shape index (κ3) is 3.75. The lowest BCUT2D eigenvalue weighted by Crippen LogP contribution is -2.13. The van der Waals surface area contributed by atoms with Crippen LogP contribution in [0.1, 0.15) is 23.6 Å². The number of benzene rings is 2. The van der Waals surface area contributed by atoms with E-state index < -0.39 is 0 Å². The standard InChI is InChI=1S/C17H20N2O2/c1-3-12-5-4-6-14(9-12)21-11-13-7-8-16(20-2)15(10-13)17(18)19/h4-10H,3,11H2,1-2H3,(H3,18,19). The van der Waals surface area contributed by atoms with Crippen molar-refractivity contribution in [2.45, 2.75) is 20.0 Å². The van der Waals surface area contributed by atoms with Gasteiger partial charge in [0.05, 0.1) is 12.7 Å². The first-order valence-corrected chi connectivity index (χ1v) is 6.87. The Kier molecular flexibility index (Phi) is 4.82. The number of aryl methyl sites for hydroxylation is 1. The van der Waals surface area contributed by atoms with Crippen molar-refractivity contribution in [1.29, 1.82) is 5.41 Å². The number of nitrogen functional groups attached to an aromatic ring is 1. The maximum absolute atomic E-state index is 7.58. The highest BCUT2D eigenvalue weighted by molar-refractivity contribution is 5.97. The Morgan fingerprint density at radius 3 is 2.62 bits per heavy atom. The van der Waals surface area contributed by atoms with Crippen molar-refractivity contribution >= 4 is 5.84 Å². The van der Waals surface area contributed by atoms with Crippen LogP contribution in [-0.4, -0.2) is 12.9 Å². The van der Waals surface area contributed by atoms with Crippen LogP contribution in [0.25, 0.3) is 0 Å². The molecule has 110 valence electrons. The quantitative estimate of drug-likeness (QED) is 0.632. The van der Waals surface area contributed by atoms with E-state index in [1.165, 1.54) is 5.56 Å². The van der Waals surface area contributed by atoms with Gasteiger partial charge in [0.15, 0.2) is 0 Å². The summed E-state index contributed by atoms with van der Waals surface area (Å²) in [5, 5.41) is 7.58. The van der Waals surface area contributed by atoms with Crippen LogP contribution in [0, 0.1) is 5.41 Å². The van der Waals surface area contributed by atoms with Gasteiger partial charge in [-0.1, -0.05) is 25.1 Å². The molecule has 0 aromatic heterocycles. The summed E-state index contributed by atoms with van der Waals surface area (Å²) in [7, 11) is 1.56. The predicted molar refractivity (Wildman–Crippen MR) is 84.2 cm³/mol. The summed E-state index contributed by atoms with van der Waals surface area (Å²) >= 11 is 0. The van der Waals surface area contributed by atoms with Gasteiger partial charge in [-0.25, -0.2) is 0 Å². The van der Waals surface area contributed by atoms with Gasteiger partial charge in [0.2, 0.25) is 0 Å². The summed E-state index contributed by atoms with van der Waals surface area (Å²) in [6, 6.07) is 13.6. The molecular weight excluding hydrogens is 264 g/mol. The fourth-order valence-electron chi connectivity index (χ4n) is 2.08. The van der Waals surface area contributed by atoms with E-state index >= 15 is 0 Å². The van der Waals surface area contributed by atoms with Crippen LogP contribution >= 0.6 is 0 Å². The number of hydrogen-bond donors (Lipinski definition) is 2. The molecule has 0 aliphatic carbocycles. The summed E-state index contributed by atoms with van der Waals surface area (Å²) in [6.07, 6.45) is 0.980. The predicted octanol–water partition coefficient (Wildman–Crippen LogP) is 3.12. The summed E-state index contributed by atoms with van der Waals surface area (Å²) < 4.78 is 11.0. The number of amidine groups is 1. The van der Waals surface area contributed by atoms with Gasteiger partial charge in [0.25, 0.3) is 0 Å². The topological polar surface area (TPSA) is 68.3 Å². The van der Waals surface area contributed by atoms with E-state index in [2.05, 4.69) is 13.0 Å². The molecule has 0 spiro atoms. The lowest BCUT2D eigenvalue weighted by Gasteiger charge is -2.11. The average molecular weight is 284 g/mol. The van der Waals surface area contributed by atoms with Gasteiger partial charge in [-0.15, -0.1) is 0 Å². The minimum Gasteiger partial charge on any atom is -0.496 e. The molecule has 3 N–H and O–H groups in total. The van der Waals surface area contributed by atoms with E-state index in [1.807, 2.05) is 30.3 Å². The van der Waals surface area contributed by atoms with Crippen LogP contribution in [0.4, 0.5) is 0 Å².